The summed E-state index contributed by atoms with van der Waals surface area (Å²) in [5.41, 5.74) is 0. The van der Waals surface area contributed by atoms with E-state index in [2.05, 4.69) is 29.4 Å². The van der Waals surface area contributed by atoms with Crippen LogP contribution in [0.15, 0.2) is 0 Å². The van der Waals surface area contributed by atoms with Gasteiger partial charge in [-0.05, 0) is 20.3 Å². The van der Waals surface area contributed by atoms with Gasteiger partial charge in [0.05, 0.1) is 6.54 Å². The van der Waals surface area contributed by atoms with Gasteiger partial charge in [0.2, 0.25) is 5.91 Å². The number of hydrogen-bond acceptors (Lipinski definition) is 3. The van der Waals surface area contributed by atoms with Gasteiger partial charge in [-0.1, -0.05) is 13.8 Å². The van der Waals surface area contributed by atoms with E-state index < -0.39 is 0 Å². The molecule has 1 rings (SSSR count). The molecule has 1 amide bonds. The zero-order chi connectivity index (χ0) is 12.1. The summed E-state index contributed by atoms with van der Waals surface area (Å²) in [6, 6.07) is 1.28. The van der Waals surface area contributed by atoms with Gasteiger partial charge in [0.1, 0.15) is 0 Å². The van der Waals surface area contributed by atoms with E-state index in [1.54, 1.807) is 0 Å². The van der Waals surface area contributed by atoms with Crippen LogP contribution in [0.3, 0.4) is 0 Å². The minimum atomic E-state index is 0.115. The minimum absolute atomic E-state index is 0.115. The lowest BCUT2D eigenvalue weighted by Crippen LogP contribution is -2.43. The topological polar surface area (TPSA) is 44.4 Å². The molecule has 0 unspecified atom stereocenters. The Morgan fingerprint density at radius 1 is 1.38 bits per heavy atom. The van der Waals surface area contributed by atoms with Crippen molar-refractivity contribution in [2.45, 2.75) is 52.2 Å². The number of rotatable bonds is 5. The van der Waals surface area contributed by atoms with E-state index >= 15 is 0 Å². The number of hydrogen-bond donors (Lipinski definition) is 2. The molecule has 0 spiro atoms. The maximum absolute atomic E-state index is 11.6. The molecule has 4 nitrogen and oxygen atoms in total. The fourth-order valence-electron chi connectivity index (χ4n) is 1.95. The molecule has 2 N–H and O–H groups in total. The number of nitrogens with zero attached hydrogens (tertiary/aromatic N) is 1. The summed E-state index contributed by atoms with van der Waals surface area (Å²) < 4.78 is 0. The molecule has 1 aliphatic rings. The molecule has 0 aliphatic carbocycles. The monoisotopic (exact) mass is 227 g/mol. The van der Waals surface area contributed by atoms with Crippen molar-refractivity contribution in [2.75, 3.05) is 19.6 Å². The zero-order valence-corrected chi connectivity index (χ0v) is 10.9. The number of amides is 1. The van der Waals surface area contributed by atoms with E-state index in [9.17, 15) is 4.79 Å². The zero-order valence-electron chi connectivity index (χ0n) is 10.9. The third-order valence-electron chi connectivity index (χ3n) is 2.99. The highest BCUT2D eigenvalue weighted by molar-refractivity contribution is 5.78. The van der Waals surface area contributed by atoms with Gasteiger partial charge in [-0.15, -0.1) is 0 Å². The third kappa shape index (κ3) is 4.49. The SMILES string of the molecule is CC(C)NCC(=O)N[C@H]1CCN(C(C)C)C1. The van der Waals surface area contributed by atoms with Gasteiger partial charge in [0.15, 0.2) is 0 Å². The second-order valence-corrected chi connectivity index (χ2v) is 5.18. The Kier molecular flexibility index (Phi) is 5.22. The molecule has 0 aromatic carbocycles. The molecule has 0 bridgehead atoms. The van der Waals surface area contributed by atoms with Crippen molar-refractivity contribution in [2.24, 2.45) is 0 Å². The van der Waals surface area contributed by atoms with E-state index in [0.29, 0.717) is 24.7 Å². The van der Waals surface area contributed by atoms with Crippen molar-refractivity contribution in [1.82, 2.24) is 15.5 Å². The predicted molar refractivity (Wildman–Crippen MR) is 66.4 cm³/mol. The molecule has 1 atom stereocenters. The summed E-state index contributed by atoms with van der Waals surface area (Å²) in [4.78, 5) is 14.0. The summed E-state index contributed by atoms with van der Waals surface area (Å²) in [7, 11) is 0. The van der Waals surface area contributed by atoms with Crippen LogP contribution in [-0.2, 0) is 4.79 Å². The number of likely N-dealkylation sites (tertiary alicyclic amines) is 1. The van der Waals surface area contributed by atoms with Crippen molar-refractivity contribution < 1.29 is 4.79 Å². The highest BCUT2D eigenvalue weighted by Crippen LogP contribution is 2.11. The minimum Gasteiger partial charge on any atom is -0.351 e. The molecule has 94 valence electrons. The Morgan fingerprint density at radius 2 is 2.06 bits per heavy atom. The van der Waals surface area contributed by atoms with E-state index in [1.807, 2.05) is 13.8 Å². The molecule has 0 saturated carbocycles. The molecule has 16 heavy (non-hydrogen) atoms. The Bertz CT molecular complexity index is 228. The fourth-order valence-corrected chi connectivity index (χ4v) is 1.95. The average Bonchev–Trinajstić information content (AvgIpc) is 2.63. The quantitative estimate of drug-likeness (QED) is 0.722. The van der Waals surface area contributed by atoms with Crippen molar-refractivity contribution in [1.29, 1.82) is 0 Å². The Balaban J connectivity index is 2.21. The predicted octanol–water partition coefficient (Wildman–Crippen LogP) is 0.583. The normalized spacial score (nSPS) is 22.0. The Morgan fingerprint density at radius 3 is 2.56 bits per heavy atom. The van der Waals surface area contributed by atoms with Gasteiger partial charge in [-0.25, -0.2) is 0 Å². The highest BCUT2D eigenvalue weighted by atomic mass is 16.2. The van der Waals surface area contributed by atoms with Crippen LogP contribution < -0.4 is 10.6 Å². The molecule has 0 radical (unpaired) electrons. The van der Waals surface area contributed by atoms with Crippen LogP contribution >= 0.6 is 0 Å². The number of carbonyl (C=O) groups excluding carboxylic acids is 1. The van der Waals surface area contributed by atoms with E-state index in [4.69, 9.17) is 0 Å². The van der Waals surface area contributed by atoms with Gasteiger partial charge >= 0.3 is 0 Å². The molecule has 1 saturated heterocycles. The molecule has 1 aliphatic heterocycles. The summed E-state index contributed by atoms with van der Waals surface area (Å²) in [5, 5.41) is 6.20. The van der Waals surface area contributed by atoms with Crippen LogP contribution in [0.1, 0.15) is 34.1 Å². The van der Waals surface area contributed by atoms with Crippen molar-refractivity contribution in [3.8, 4) is 0 Å². The van der Waals surface area contributed by atoms with Crippen molar-refractivity contribution in [3.05, 3.63) is 0 Å². The Labute approximate surface area is 98.8 Å². The van der Waals surface area contributed by atoms with Crippen molar-refractivity contribution >= 4 is 5.91 Å². The molecular formula is C12H25N3O. The number of carbonyl (C=O) groups is 1. The van der Waals surface area contributed by atoms with E-state index in [-0.39, 0.29) is 5.91 Å². The van der Waals surface area contributed by atoms with Crippen LogP contribution in [-0.4, -0.2) is 48.6 Å². The van der Waals surface area contributed by atoms with Crippen LogP contribution in [0.5, 0.6) is 0 Å². The van der Waals surface area contributed by atoms with Gasteiger partial charge in [0.25, 0.3) is 0 Å². The lowest BCUT2D eigenvalue weighted by Gasteiger charge is -2.20. The standard InChI is InChI=1S/C12H25N3O/c1-9(2)13-7-12(16)14-11-5-6-15(8-11)10(3)4/h9-11,13H,5-8H2,1-4H3,(H,14,16)/t11-/m0/s1. The van der Waals surface area contributed by atoms with Crippen molar-refractivity contribution in [3.63, 3.8) is 0 Å². The first-order valence-electron chi connectivity index (χ1n) is 6.26. The van der Waals surface area contributed by atoms with Crippen LogP contribution in [0.25, 0.3) is 0 Å². The van der Waals surface area contributed by atoms with Gasteiger partial charge in [-0.2, -0.15) is 0 Å². The average molecular weight is 227 g/mol. The first-order valence-corrected chi connectivity index (χ1v) is 6.26. The lowest BCUT2D eigenvalue weighted by molar-refractivity contribution is -0.121. The first kappa shape index (κ1) is 13.5. The van der Waals surface area contributed by atoms with Crippen LogP contribution in [0, 0.1) is 0 Å². The van der Waals surface area contributed by atoms with Crippen LogP contribution in [0.2, 0.25) is 0 Å². The summed E-state index contributed by atoms with van der Waals surface area (Å²) in [5.74, 6) is 0.115. The van der Waals surface area contributed by atoms with E-state index in [1.165, 1.54) is 0 Å². The highest BCUT2D eigenvalue weighted by Gasteiger charge is 2.24. The molecule has 0 aromatic heterocycles. The lowest BCUT2D eigenvalue weighted by atomic mass is 10.2. The van der Waals surface area contributed by atoms with Gasteiger partial charge in [0, 0.05) is 31.2 Å². The molecule has 0 aromatic rings. The van der Waals surface area contributed by atoms with E-state index in [0.717, 1.165) is 19.5 Å². The summed E-state index contributed by atoms with van der Waals surface area (Å²) in [6.45, 7) is 11.0. The third-order valence-corrected chi connectivity index (χ3v) is 2.99. The first-order chi connectivity index (χ1) is 7.49. The largest absolute Gasteiger partial charge is 0.351 e. The summed E-state index contributed by atoms with van der Waals surface area (Å²) >= 11 is 0. The Hall–Kier alpha value is -0.610. The molecule has 1 fully saturated rings. The second kappa shape index (κ2) is 6.21. The molecule has 1 heterocycles. The van der Waals surface area contributed by atoms with Gasteiger partial charge in [-0.3, -0.25) is 9.69 Å². The smallest absolute Gasteiger partial charge is 0.234 e. The molecular weight excluding hydrogens is 202 g/mol. The number of nitrogens with one attached hydrogen (secondary N) is 2. The fraction of sp³-hybridized carbons (Fsp3) is 0.917. The maximum Gasteiger partial charge on any atom is 0.234 e. The second-order valence-electron chi connectivity index (χ2n) is 5.18. The summed E-state index contributed by atoms with van der Waals surface area (Å²) in [6.07, 6.45) is 1.07. The molecule has 4 heteroatoms. The maximum atomic E-state index is 11.6. The van der Waals surface area contributed by atoms with Gasteiger partial charge < -0.3 is 10.6 Å². The van der Waals surface area contributed by atoms with Crippen LogP contribution in [0.4, 0.5) is 0 Å².